The third-order valence-electron chi connectivity index (χ3n) is 5.18. The number of carbonyl (C=O) groups excluding carboxylic acids is 1. The van der Waals surface area contributed by atoms with Crippen LogP contribution in [0.15, 0.2) is 24.3 Å². The summed E-state index contributed by atoms with van der Waals surface area (Å²) in [4.78, 5) is 14.6. The van der Waals surface area contributed by atoms with Gasteiger partial charge in [0, 0.05) is 31.8 Å². The molecule has 1 unspecified atom stereocenters. The molecule has 0 saturated carbocycles. The second-order valence-electron chi connectivity index (χ2n) is 7.81. The lowest BCUT2D eigenvalue weighted by atomic mass is 10.0. The van der Waals surface area contributed by atoms with E-state index in [4.69, 9.17) is 9.47 Å². The monoisotopic (exact) mass is 375 g/mol. The number of carbonyl (C=O) groups is 1. The van der Waals surface area contributed by atoms with Gasteiger partial charge in [0.2, 0.25) is 0 Å². The Morgan fingerprint density at radius 2 is 2.00 bits per heavy atom. The Morgan fingerprint density at radius 1 is 1.22 bits per heavy atom. The number of likely N-dealkylation sites (tertiary alicyclic amines) is 1. The standard InChI is InChI=1S/C21H33N3O3/c1-16(2)22-17-10-12-24(13-11-17)21(25)23-19-8-3-4-9-20(19)27-15-18-7-5-6-14-26-18/h3-4,8-9,16-18,22H,5-7,10-15H2,1-2H3,(H,23,25). The molecular formula is C21H33N3O3. The van der Waals surface area contributed by atoms with Gasteiger partial charge in [-0.3, -0.25) is 0 Å². The van der Waals surface area contributed by atoms with E-state index in [1.54, 1.807) is 0 Å². The third-order valence-corrected chi connectivity index (χ3v) is 5.18. The lowest BCUT2D eigenvalue weighted by molar-refractivity contribution is -0.0109. The maximum atomic E-state index is 12.7. The van der Waals surface area contributed by atoms with Gasteiger partial charge in [0.15, 0.2) is 0 Å². The lowest BCUT2D eigenvalue weighted by Crippen LogP contribution is -2.47. The van der Waals surface area contributed by atoms with E-state index in [9.17, 15) is 4.79 Å². The number of urea groups is 1. The molecule has 2 fully saturated rings. The van der Waals surface area contributed by atoms with Gasteiger partial charge in [-0.25, -0.2) is 4.79 Å². The first-order valence-corrected chi connectivity index (χ1v) is 10.3. The highest BCUT2D eigenvalue weighted by molar-refractivity contribution is 5.91. The average molecular weight is 376 g/mol. The van der Waals surface area contributed by atoms with E-state index in [0.717, 1.165) is 51.1 Å². The summed E-state index contributed by atoms with van der Waals surface area (Å²) in [6.07, 6.45) is 5.48. The SMILES string of the molecule is CC(C)NC1CCN(C(=O)Nc2ccccc2OCC2CCCCO2)CC1. The fourth-order valence-electron chi connectivity index (χ4n) is 3.73. The van der Waals surface area contributed by atoms with Crippen LogP contribution in [0, 0.1) is 0 Å². The molecule has 1 atom stereocenters. The maximum absolute atomic E-state index is 12.7. The molecular weight excluding hydrogens is 342 g/mol. The fraction of sp³-hybridized carbons (Fsp3) is 0.667. The smallest absolute Gasteiger partial charge is 0.321 e. The number of hydrogen-bond donors (Lipinski definition) is 2. The van der Waals surface area contributed by atoms with Gasteiger partial charge in [0.05, 0.1) is 11.8 Å². The molecule has 2 aliphatic heterocycles. The number of benzene rings is 1. The summed E-state index contributed by atoms with van der Waals surface area (Å²) in [5.41, 5.74) is 0.723. The van der Waals surface area contributed by atoms with Crippen LogP contribution >= 0.6 is 0 Å². The Bertz CT molecular complexity index is 594. The molecule has 6 nitrogen and oxygen atoms in total. The van der Waals surface area contributed by atoms with E-state index in [0.29, 0.717) is 24.4 Å². The quantitative estimate of drug-likeness (QED) is 0.797. The van der Waals surface area contributed by atoms with Crippen LogP contribution in [-0.4, -0.2) is 55.4 Å². The lowest BCUT2D eigenvalue weighted by Gasteiger charge is -2.33. The largest absolute Gasteiger partial charge is 0.489 e. The molecule has 1 aromatic rings. The number of hydrogen-bond acceptors (Lipinski definition) is 4. The molecule has 0 spiro atoms. The molecule has 1 aromatic carbocycles. The minimum atomic E-state index is -0.0528. The summed E-state index contributed by atoms with van der Waals surface area (Å²) in [5, 5.41) is 6.58. The first kappa shape index (κ1) is 20.0. The number of rotatable bonds is 6. The van der Waals surface area contributed by atoms with Crippen molar-refractivity contribution in [2.45, 2.75) is 64.1 Å². The molecule has 2 N–H and O–H groups in total. The van der Waals surface area contributed by atoms with E-state index in [1.807, 2.05) is 29.2 Å². The van der Waals surface area contributed by atoms with Gasteiger partial charge in [0.1, 0.15) is 12.4 Å². The van der Waals surface area contributed by atoms with Crippen LogP contribution in [0.25, 0.3) is 0 Å². The van der Waals surface area contributed by atoms with Crippen molar-refractivity contribution in [1.29, 1.82) is 0 Å². The number of piperidine rings is 1. The summed E-state index contributed by atoms with van der Waals surface area (Å²) in [7, 11) is 0. The zero-order valence-corrected chi connectivity index (χ0v) is 16.6. The number of amides is 2. The molecule has 27 heavy (non-hydrogen) atoms. The molecule has 150 valence electrons. The summed E-state index contributed by atoms with van der Waals surface area (Å²) in [6.45, 7) is 7.21. The molecule has 0 aromatic heterocycles. The summed E-state index contributed by atoms with van der Waals surface area (Å²) in [6, 6.07) is 8.56. The molecule has 2 heterocycles. The van der Waals surface area contributed by atoms with Gasteiger partial charge >= 0.3 is 6.03 Å². The van der Waals surface area contributed by atoms with E-state index in [2.05, 4.69) is 24.5 Å². The van der Waals surface area contributed by atoms with Crippen molar-refractivity contribution >= 4 is 11.7 Å². The van der Waals surface area contributed by atoms with Crippen LogP contribution in [0.1, 0.15) is 46.0 Å². The maximum Gasteiger partial charge on any atom is 0.321 e. The van der Waals surface area contributed by atoms with Gasteiger partial charge in [-0.1, -0.05) is 26.0 Å². The van der Waals surface area contributed by atoms with Crippen LogP contribution < -0.4 is 15.4 Å². The highest BCUT2D eigenvalue weighted by Crippen LogP contribution is 2.26. The second-order valence-corrected chi connectivity index (χ2v) is 7.81. The molecule has 6 heteroatoms. The number of anilines is 1. The van der Waals surface area contributed by atoms with Crippen molar-refractivity contribution < 1.29 is 14.3 Å². The van der Waals surface area contributed by atoms with E-state index >= 15 is 0 Å². The van der Waals surface area contributed by atoms with Crippen molar-refractivity contribution in [2.24, 2.45) is 0 Å². The van der Waals surface area contributed by atoms with Crippen molar-refractivity contribution in [3.05, 3.63) is 24.3 Å². The number of para-hydroxylation sites is 2. The minimum absolute atomic E-state index is 0.0528. The average Bonchev–Trinajstić information content (AvgIpc) is 2.68. The van der Waals surface area contributed by atoms with Gasteiger partial charge in [-0.2, -0.15) is 0 Å². The van der Waals surface area contributed by atoms with Crippen molar-refractivity contribution in [1.82, 2.24) is 10.2 Å². The van der Waals surface area contributed by atoms with Crippen LogP contribution in [0.5, 0.6) is 5.75 Å². The first-order valence-electron chi connectivity index (χ1n) is 10.3. The Balaban J connectivity index is 1.50. The normalized spacial score (nSPS) is 21.3. The van der Waals surface area contributed by atoms with Crippen LogP contribution in [0.2, 0.25) is 0 Å². The van der Waals surface area contributed by atoms with E-state index in [-0.39, 0.29) is 12.1 Å². The summed E-state index contributed by atoms with van der Waals surface area (Å²) < 4.78 is 11.7. The summed E-state index contributed by atoms with van der Waals surface area (Å²) >= 11 is 0. The molecule has 2 saturated heterocycles. The number of nitrogens with zero attached hydrogens (tertiary/aromatic N) is 1. The third kappa shape index (κ3) is 6.11. The van der Waals surface area contributed by atoms with Crippen molar-refractivity contribution in [3.63, 3.8) is 0 Å². The van der Waals surface area contributed by atoms with E-state index < -0.39 is 0 Å². The Kier molecular flexibility index (Phi) is 7.35. The second kappa shape index (κ2) is 9.95. The number of nitrogens with one attached hydrogen (secondary N) is 2. The molecule has 2 amide bonds. The van der Waals surface area contributed by atoms with Crippen LogP contribution in [0.4, 0.5) is 10.5 Å². The fourth-order valence-corrected chi connectivity index (χ4v) is 3.73. The first-order chi connectivity index (χ1) is 13.1. The van der Waals surface area contributed by atoms with E-state index in [1.165, 1.54) is 6.42 Å². The highest BCUT2D eigenvalue weighted by atomic mass is 16.5. The Morgan fingerprint density at radius 3 is 2.70 bits per heavy atom. The highest BCUT2D eigenvalue weighted by Gasteiger charge is 2.23. The van der Waals surface area contributed by atoms with Gasteiger partial charge in [0.25, 0.3) is 0 Å². The van der Waals surface area contributed by atoms with Crippen LogP contribution in [-0.2, 0) is 4.74 Å². The number of ether oxygens (including phenoxy) is 2. The van der Waals surface area contributed by atoms with Crippen LogP contribution in [0.3, 0.4) is 0 Å². The topological polar surface area (TPSA) is 62.8 Å². The molecule has 0 aliphatic carbocycles. The van der Waals surface area contributed by atoms with Crippen molar-refractivity contribution in [3.8, 4) is 5.75 Å². The molecule has 0 radical (unpaired) electrons. The summed E-state index contributed by atoms with van der Waals surface area (Å²) in [5.74, 6) is 0.705. The van der Waals surface area contributed by atoms with Gasteiger partial charge in [-0.15, -0.1) is 0 Å². The minimum Gasteiger partial charge on any atom is -0.489 e. The molecule has 2 aliphatic rings. The van der Waals surface area contributed by atoms with Gasteiger partial charge in [-0.05, 0) is 44.2 Å². The predicted octanol–water partition coefficient (Wildman–Crippen LogP) is 3.63. The Hall–Kier alpha value is -1.79. The Labute approximate surface area is 162 Å². The zero-order chi connectivity index (χ0) is 19.1. The molecule has 3 rings (SSSR count). The molecule has 0 bridgehead atoms. The van der Waals surface area contributed by atoms with Gasteiger partial charge < -0.3 is 25.0 Å². The zero-order valence-electron chi connectivity index (χ0n) is 16.6. The predicted molar refractivity (Wildman–Crippen MR) is 107 cm³/mol. The van der Waals surface area contributed by atoms with Crippen molar-refractivity contribution in [2.75, 3.05) is 31.6 Å².